The maximum Gasteiger partial charge on any atom is 0.0174 e. The molecule has 0 aromatic heterocycles. The first-order chi connectivity index (χ1) is 6.34. The van der Waals surface area contributed by atoms with Gasteiger partial charge in [0, 0.05) is 18.1 Å². The van der Waals surface area contributed by atoms with E-state index < -0.39 is 0 Å². The molecule has 0 atom stereocenters. The van der Waals surface area contributed by atoms with Crippen LogP contribution in [-0.2, 0) is 0 Å². The van der Waals surface area contributed by atoms with E-state index in [-0.39, 0.29) is 0 Å². The molecule has 1 fully saturated rings. The van der Waals surface area contributed by atoms with E-state index in [4.69, 9.17) is 11.6 Å². The van der Waals surface area contributed by atoms with E-state index in [2.05, 4.69) is 11.9 Å². The molecule has 1 rings (SSSR count). The summed E-state index contributed by atoms with van der Waals surface area (Å²) in [5.41, 5.74) is 1.62. The Morgan fingerprint density at radius 1 is 1.23 bits per heavy atom. The van der Waals surface area contributed by atoms with Crippen molar-refractivity contribution < 1.29 is 0 Å². The van der Waals surface area contributed by atoms with Crippen molar-refractivity contribution in [3.8, 4) is 0 Å². The molecule has 0 aromatic carbocycles. The predicted molar refractivity (Wildman–Crippen MR) is 59.1 cm³/mol. The number of hydrogen-bond acceptors (Lipinski definition) is 1. The van der Waals surface area contributed by atoms with Gasteiger partial charge in [-0.25, -0.2) is 0 Å². The first kappa shape index (κ1) is 11.1. The Balaban J connectivity index is 2.30. The number of hydrogen-bond donors (Lipinski definition) is 0. The molecule has 0 heterocycles. The molecule has 1 nitrogen and oxygen atoms in total. The number of halogens is 1. The van der Waals surface area contributed by atoms with Crippen LogP contribution in [0.3, 0.4) is 0 Å². The molecular formula is C11H20ClN. The SMILES string of the molecule is CN(C/C=C/Cl)C1CCCCCC1. The van der Waals surface area contributed by atoms with Crippen molar-refractivity contribution >= 4 is 11.6 Å². The number of rotatable bonds is 3. The smallest absolute Gasteiger partial charge is 0.0174 e. The van der Waals surface area contributed by atoms with Crippen LogP contribution in [0.15, 0.2) is 11.6 Å². The third-order valence-electron chi connectivity index (χ3n) is 2.93. The van der Waals surface area contributed by atoms with Gasteiger partial charge in [0.1, 0.15) is 0 Å². The van der Waals surface area contributed by atoms with Crippen LogP contribution in [0.25, 0.3) is 0 Å². The molecule has 0 aromatic rings. The zero-order valence-electron chi connectivity index (χ0n) is 8.51. The third kappa shape index (κ3) is 4.15. The number of likely N-dealkylation sites (N-methyl/N-ethyl adjacent to an activating group) is 1. The van der Waals surface area contributed by atoms with Gasteiger partial charge in [-0.05, 0) is 19.9 Å². The van der Waals surface area contributed by atoms with E-state index >= 15 is 0 Å². The standard InChI is InChI=1S/C11H20ClN/c1-13(10-6-9-12)11-7-4-2-3-5-8-11/h6,9,11H,2-5,7-8,10H2,1H3/b9-6+. The molecule has 1 aliphatic rings. The Morgan fingerprint density at radius 3 is 2.38 bits per heavy atom. The van der Waals surface area contributed by atoms with E-state index in [1.165, 1.54) is 38.5 Å². The summed E-state index contributed by atoms with van der Waals surface area (Å²) in [6, 6.07) is 0.787. The van der Waals surface area contributed by atoms with Crippen molar-refractivity contribution in [3.63, 3.8) is 0 Å². The predicted octanol–water partition coefficient (Wildman–Crippen LogP) is 3.39. The van der Waals surface area contributed by atoms with Crippen molar-refractivity contribution in [2.45, 2.75) is 44.6 Å². The second kappa shape index (κ2) is 6.44. The molecule has 2 heteroatoms. The normalized spacial score (nSPS) is 21.2. The van der Waals surface area contributed by atoms with Crippen LogP contribution in [0, 0.1) is 0 Å². The lowest BCUT2D eigenvalue weighted by atomic mass is 10.1. The van der Waals surface area contributed by atoms with Gasteiger partial charge in [0.05, 0.1) is 0 Å². The quantitative estimate of drug-likeness (QED) is 0.633. The highest BCUT2D eigenvalue weighted by atomic mass is 35.5. The Morgan fingerprint density at radius 2 is 1.85 bits per heavy atom. The van der Waals surface area contributed by atoms with Crippen LogP contribution in [0.4, 0.5) is 0 Å². The van der Waals surface area contributed by atoms with Gasteiger partial charge in [-0.2, -0.15) is 0 Å². The van der Waals surface area contributed by atoms with E-state index in [1.54, 1.807) is 5.54 Å². The van der Waals surface area contributed by atoms with Gasteiger partial charge in [-0.15, -0.1) is 0 Å². The van der Waals surface area contributed by atoms with Gasteiger partial charge >= 0.3 is 0 Å². The first-order valence-electron chi connectivity index (χ1n) is 5.30. The maximum absolute atomic E-state index is 5.51. The molecule has 0 bridgehead atoms. The largest absolute Gasteiger partial charge is 0.300 e. The molecule has 0 N–H and O–H groups in total. The summed E-state index contributed by atoms with van der Waals surface area (Å²) in [4.78, 5) is 2.42. The summed E-state index contributed by atoms with van der Waals surface area (Å²) in [6.45, 7) is 0.994. The van der Waals surface area contributed by atoms with Gasteiger partial charge in [-0.3, -0.25) is 4.90 Å². The van der Waals surface area contributed by atoms with Crippen LogP contribution in [0.1, 0.15) is 38.5 Å². The summed E-state index contributed by atoms with van der Waals surface area (Å²) in [7, 11) is 2.20. The Bertz CT molecular complexity index is 148. The fourth-order valence-corrected chi connectivity index (χ4v) is 2.13. The summed E-state index contributed by atoms with van der Waals surface area (Å²) in [6.07, 6.45) is 10.4. The lowest BCUT2D eigenvalue weighted by Crippen LogP contribution is -2.31. The van der Waals surface area contributed by atoms with Crippen LogP contribution < -0.4 is 0 Å². The minimum atomic E-state index is 0.787. The lowest BCUT2D eigenvalue weighted by Gasteiger charge is -2.25. The summed E-state index contributed by atoms with van der Waals surface area (Å²) < 4.78 is 0. The molecule has 0 unspecified atom stereocenters. The Kier molecular flexibility index (Phi) is 5.49. The van der Waals surface area contributed by atoms with Crippen molar-refractivity contribution in [1.82, 2.24) is 4.90 Å². The maximum atomic E-state index is 5.51. The van der Waals surface area contributed by atoms with Gasteiger partial charge in [0.15, 0.2) is 0 Å². The minimum absolute atomic E-state index is 0.787. The van der Waals surface area contributed by atoms with Crippen molar-refractivity contribution in [2.24, 2.45) is 0 Å². The van der Waals surface area contributed by atoms with E-state index in [1.807, 2.05) is 6.08 Å². The lowest BCUT2D eigenvalue weighted by molar-refractivity contribution is 0.243. The number of nitrogens with zero attached hydrogens (tertiary/aromatic N) is 1. The van der Waals surface area contributed by atoms with Crippen LogP contribution in [0.5, 0.6) is 0 Å². The van der Waals surface area contributed by atoms with E-state index in [0.717, 1.165) is 12.6 Å². The summed E-state index contributed by atoms with van der Waals surface area (Å²) in [5.74, 6) is 0. The zero-order chi connectivity index (χ0) is 9.52. The second-order valence-corrected chi connectivity index (χ2v) is 4.20. The van der Waals surface area contributed by atoms with Crippen molar-refractivity contribution in [1.29, 1.82) is 0 Å². The average molecular weight is 202 g/mol. The highest BCUT2D eigenvalue weighted by Crippen LogP contribution is 2.20. The van der Waals surface area contributed by atoms with E-state index in [9.17, 15) is 0 Å². The second-order valence-electron chi connectivity index (χ2n) is 3.95. The minimum Gasteiger partial charge on any atom is -0.300 e. The Hall–Kier alpha value is -0.0100. The van der Waals surface area contributed by atoms with Crippen LogP contribution >= 0.6 is 11.6 Å². The van der Waals surface area contributed by atoms with Crippen LogP contribution in [0.2, 0.25) is 0 Å². The highest BCUT2D eigenvalue weighted by Gasteiger charge is 2.15. The van der Waals surface area contributed by atoms with Gasteiger partial charge in [-0.1, -0.05) is 43.4 Å². The fourth-order valence-electron chi connectivity index (χ4n) is 2.05. The van der Waals surface area contributed by atoms with Gasteiger partial charge < -0.3 is 0 Å². The average Bonchev–Trinajstić information content (AvgIpc) is 2.42. The third-order valence-corrected chi connectivity index (χ3v) is 3.11. The molecule has 1 saturated carbocycles. The molecule has 0 aliphatic heterocycles. The van der Waals surface area contributed by atoms with Crippen molar-refractivity contribution in [2.75, 3.05) is 13.6 Å². The van der Waals surface area contributed by atoms with Gasteiger partial charge in [0.2, 0.25) is 0 Å². The van der Waals surface area contributed by atoms with E-state index in [0.29, 0.717) is 0 Å². The van der Waals surface area contributed by atoms with Crippen LogP contribution in [-0.4, -0.2) is 24.5 Å². The molecule has 0 radical (unpaired) electrons. The highest BCUT2D eigenvalue weighted by molar-refractivity contribution is 6.25. The van der Waals surface area contributed by atoms with Gasteiger partial charge in [0.25, 0.3) is 0 Å². The Labute approximate surface area is 86.8 Å². The molecule has 76 valence electrons. The first-order valence-corrected chi connectivity index (χ1v) is 5.73. The molecule has 1 aliphatic carbocycles. The fraction of sp³-hybridized carbons (Fsp3) is 0.818. The molecule has 0 spiro atoms. The molecular weight excluding hydrogens is 182 g/mol. The van der Waals surface area contributed by atoms with Crippen molar-refractivity contribution in [3.05, 3.63) is 11.6 Å². The summed E-state index contributed by atoms with van der Waals surface area (Å²) in [5, 5.41) is 0. The molecule has 13 heavy (non-hydrogen) atoms. The monoisotopic (exact) mass is 201 g/mol. The molecule has 0 amide bonds. The topological polar surface area (TPSA) is 3.24 Å². The summed E-state index contributed by atoms with van der Waals surface area (Å²) >= 11 is 5.51. The zero-order valence-corrected chi connectivity index (χ0v) is 9.26. The molecule has 0 saturated heterocycles.